The molecule has 144 valence electrons. The zero-order chi connectivity index (χ0) is 19.8. The van der Waals surface area contributed by atoms with Crippen LogP contribution in [-0.2, 0) is 11.2 Å². The number of nitrogens with one attached hydrogen (secondary N) is 1. The average Bonchev–Trinajstić information content (AvgIpc) is 2.71. The lowest BCUT2D eigenvalue weighted by molar-refractivity contribution is -0.120. The summed E-state index contributed by atoms with van der Waals surface area (Å²) in [7, 11) is 6.26. The van der Waals surface area contributed by atoms with Crippen LogP contribution in [0.25, 0.3) is 0 Å². The summed E-state index contributed by atoms with van der Waals surface area (Å²) in [6.07, 6.45) is 0.170. The zero-order valence-corrected chi connectivity index (χ0v) is 16.2. The first-order valence-electron chi connectivity index (χ1n) is 8.28. The fraction of sp³-hybridized carbons (Fsp3) is 0.300. The van der Waals surface area contributed by atoms with Crippen LogP contribution >= 0.6 is 0 Å². The second-order valence-electron chi connectivity index (χ2n) is 5.67. The van der Waals surface area contributed by atoms with E-state index in [1.165, 1.54) is 0 Å². The van der Waals surface area contributed by atoms with Gasteiger partial charge in [-0.05, 0) is 42.8 Å². The molecule has 0 heterocycles. The quantitative estimate of drug-likeness (QED) is 0.569. The van der Waals surface area contributed by atoms with Crippen LogP contribution in [0.4, 0.5) is 0 Å². The summed E-state index contributed by atoms with van der Waals surface area (Å²) in [5.41, 5.74) is 4.83. The third-order valence-electron chi connectivity index (χ3n) is 3.96. The Morgan fingerprint density at radius 3 is 2.00 bits per heavy atom. The van der Waals surface area contributed by atoms with Gasteiger partial charge in [0.15, 0.2) is 23.0 Å². The minimum atomic E-state index is -0.234. The van der Waals surface area contributed by atoms with E-state index in [1.807, 2.05) is 12.1 Å². The molecular weight excluding hydrogens is 348 g/mol. The molecule has 0 aliphatic rings. The Labute approximate surface area is 158 Å². The van der Waals surface area contributed by atoms with Gasteiger partial charge < -0.3 is 18.9 Å². The van der Waals surface area contributed by atoms with Crippen LogP contribution in [0.15, 0.2) is 41.5 Å². The summed E-state index contributed by atoms with van der Waals surface area (Å²) in [4.78, 5) is 12.2. The lowest BCUT2D eigenvalue weighted by Gasteiger charge is -2.10. The SMILES string of the molecule is COc1ccc(CC(=O)N/N=C(\C)c2ccc(OC)c(OC)c2)cc1OC. The highest BCUT2D eigenvalue weighted by atomic mass is 16.5. The first-order valence-corrected chi connectivity index (χ1v) is 8.28. The van der Waals surface area contributed by atoms with Crippen LogP contribution in [0.1, 0.15) is 18.1 Å². The number of nitrogens with zero attached hydrogens (tertiary/aromatic N) is 1. The Balaban J connectivity index is 2.05. The molecule has 0 saturated carbocycles. The van der Waals surface area contributed by atoms with E-state index < -0.39 is 0 Å². The van der Waals surface area contributed by atoms with Gasteiger partial charge in [0.2, 0.25) is 5.91 Å². The van der Waals surface area contributed by atoms with Crippen molar-refractivity contribution in [2.24, 2.45) is 5.10 Å². The molecule has 0 unspecified atom stereocenters. The fourth-order valence-electron chi connectivity index (χ4n) is 2.49. The third kappa shape index (κ3) is 5.13. The molecule has 1 amide bonds. The average molecular weight is 372 g/mol. The van der Waals surface area contributed by atoms with Gasteiger partial charge in [0.25, 0.3) is 0 Å². The maximum Gasteiger partial charge on any atom is 0.244 e. The van der Waals surface area contributed by atoms with E-state index in [0.717, 1.165) is 11.1 Å². The molecule has 7 nitrogen and oxygen atoms in total. The molecule has 0 fully saturated rings. The second kappa shape index (κ2) is 9.47. The van der Waals surface area contributed by atoms with Gasteiger partial charge in [-0.25, -0.2) is 5.43 Å². The lowest BCUT2D eigenvalue weighted by atomic mass is 10.1. The topological polar surface area (TPSA) is 78.4 Å². The largest absolute Gasteiger partial charge is 0.493 e. The number of ether oxygens (including phenoxy) is 4. The van der Waals surface area contributed by atoms with E-state index >= 15 is 0 Å². The number of carbonyl (C=O) groups excluding carboxylic acids is 1. The maximum atomic E-state index is 12.2. The molecule has 0 saturated heterocycles. The van der Waals surface area contributed by atoms with Gasteiger partial charge in [-0.15, -0.1) is 0 Å². The predicted molar refractivity (Wildman–Crippen MR) is 103 cm³/mol. The van der Waals surface area contributed by atoms with Crippen molar-refractivity contribution in [1.29, 1.82) is 0 Å². The van der Waals surface area contributed by atoms with E-state index in [1.54, 1.807) is 59.6 Å². The monoisotopic (exact) mass is 372 g/mol. The van der Waals surface area contributed by atoms with Crippen molar-refractivity contribution in [3.8, 4) is 23.0 Å². The summed E-state index contributed by atoms with van der Waals surface area (Å²) in [6.45, 7) is 1.80. The molecule has 2 aromatic rings. The van der Waals surface area contributed by atoms with Gasteiger partial charge >= 0.3 is 0 Å². The van der Waals surface area contributed by atoms with E-state index in [0.29, 0.717) is 28.7 Å². The molecule has 0 spiro atoms. The summed E-state index contributed by atoms with van der Waals surface area (Å²) in [5.74, 6) is 2.19. The molecule has 0 aliphatic heterocycles. The maximum absolute atomic E-state index is 12.2. The Bertz CT molecular complexity index is 833. The minimum Gasteiger partial charge on any atom is -0.493 e. The van der Waals surface area contributed by atoms with Gasteiger partial charge in [-0.2, -0.15) is 5.10 Å². The Morgan fingerprint density at radius 1 is 0.852 bits per heavy atom. The molecule has 27 heavy (non-hydrogen) atoms. The van der Waals surface area contributed by atoms with Crippen LogP contribution in [0.2, 0.25) is 0 Å². The molecule has 0 radical (unpaired) electrons. The summed E-state index contributed by atoms with van der Waals surface area (Å²) >= 11 is 0. The molecule has 0 aliphatic carbocycles. The van der Waals surface area contributed by atoms with E-state index in [4.69, 9.17) is 18.9 Å². The van der Waals surface area contributed by atoms with E-state index in [2.05, 4.69) is 10.5 Å². The molecular formula is C20H24N2O5. The first-order chi connectivity index (χ1) is 13.0. The van der Waals surface area contributed by atoms with Crippen molar-refractivity contribution >= 4 is 11.6 Å². The number of hydrogen-bond acceptors (Lipinski definition) is 6. The summed E-state index contributed by atoms with van der Waals surface area (Å²) in [6, 6.07) is 10.8. The van der Waals surface area contributed by atoms with Crippen LogP contribution < -0.4 is 24.4 Å². The van der Waals surface area contributed by atoms with Gasteiger partial charge in [-0.1, -0.05) is 6.07 Å². The standard InChI is InChI=1S/C20H24N2O5/c1-13(15-7-9-17(25-3)19(12-15)27-5)21-22-20(23)11-14-6-8-16(24-2)18(10-14)26-4/h6-10,12H,11H2,1-5H3,(H,22,23)/b21-13+. The number of benzene rings is 2. The van der Waals surface area contributed by atoms with Crippen molar-refractivity contribution in [3.05, 3.63) is 47.5 Å². The van der Waals surface area contributed by atoms with Gasteiger partial charge in [0, 0.05) is 5.56 Å². The Hall–Kier alpha value is -3.22. The minimum absolute atomic E-state index is 0.170. The third-order valence-corrected chi connectivity index (χ3v) is 3.96. The van der Waals surface area contributed by atoms with Crippen molar-refractivity contribution in [2.75, 3.05) is 28.4 Å². The smallest absolute Gasteiger partial charge is 0.244 e. The number of carbonyl (C=O) groups is 1. The molecule has 0 aromatic heterocycles. The van der Waals surface area contributed by atoms with E-state index in [9.17, 15) is 4.79 Å². The van der Waals surface area contributed by atoms with Crippen molar-refractivity contribution in [3.63, 3.8) is 0 Å². The number of hydrazone groups is 1. The number of hydrogen-bond donors (Lipinski definition) is 1. The second-order valence-corrected chi connectivity index (χ2v) is 5.67. The van der Waals surface area contributed by atoms with Gasteiger partial charge in [0.05, 0.1) is 40.6 Å². The highest BCUT2D eigenvalue weighted by molar-refractivity contribution is 5.99. The van der Waals surface area contributed by atoms with Crippen LogP contribution in [0, 0.1) is 0 Å². The fourth-order valence-corrected chi connectivity index (χ4v) is 2.49. The van der Waals surface area contributed by atoms with Crippen molar-refractivity contribution in [1.82, 2.24) is 5.43 Å². The van der Waals surface area contributed by atoms with Crippen molar-refractivity contribution in [2.45, 2.75) is 13.3 Å². The number of rotatable bonds is 8. The summed E-state index contributed by atoms with van der Waals surface area (Å²) in [5, 5.41) is 4.16. The normalized spacial score (nSPS) is 10.9. The van der Waals surface area contributed by atoms with Crippen LogP contribution in [0.5, 0.6) is 23.0 Å². The lowest BCUT2D eigenvalue weighted by Crippen LogP contribution is -2.21. The predicted octanol–water partition coefficient (Wildman–Crippen LogP) is 2.80. The van der Waals surface area contributed by atoms with Crippen molar-refractivity contribution < 1.29 is 23.7 Å². The Kier molecular flexibility index (Phi) is 7.05. The highest BCUT2D eigenvalue weighted by Crippen LogP contribution is 2.28. The molecule has 0 bridgehead atoms. The summed E-state index contributed by atoms with van der Waals surface area (Å²) < 4.78 is 20.9. The van der Waals surface area contributed by atoms with E-state index in [-0.39, 0.29) is 12.3 Å². The molecule has 2 aromatic carbocycles. The van der Waals surface area contributed by atoms with Gasteiger partial charge in [-0.3, -0.25) is 4.79 Å². The molecule has 7 heteroatoms. The zero-order valence-electron chi connectivity index (χ0n) is 16.2. The number of amides is 1. The van der Waals surface area contributed by atoms with Gasteiger partial charge in [0.1, 0.15) is 0 Å². The van der Waals surface area contributed by atoms with Crippen LogP contribution in [0.3, 0.4) is 0 Å². The first kappa shape index (κ1) is 20.1. The number of methoxy groups -OCH3 is 4. The molecule has 1 N–H and O–H groups in total. The van der Waals surface area contributed by atoms with Crippen LogP contribution in [-0.4, -0.2) is 40.1 Å². The Morgan fingerprint density at radius 2 is 1.41 bits per heavy atom. The molecule has 2 rings (SSSR count). The highest BCUT2D eigenvalue weighted by Gasteiger charge is 2.09. The molecule has 0 atom stereocenters.